The quantitative estimate of drug-likeness (QED) is 0.280. The summed E-state index contributed by atoms with van der Waals surface area (Å²) in [7, 11) is 1.57. The van der Waals surface area contributed by atoms with Crippen molar-refractivity contribution in [2.24, 2.45) is 11.8 Å². The Labute approximate surface area is 242 Å². The standard InChI is InChI=1S/C35H40O6/c1-10-20(4)13-16-34-31(37)21-17-24-27(36)26-29(38-9)23-14-15-32(5,6)39-28(23)22(12-11-19(2)3)30(26)40-35(24,34)25(18-21)33(7,8)41-34/h10-11,13-15,17,21,25H,1,12,16,18H2,2-9H3. The van der Waals surface area contributed by atoms with Crippen molar-refractivity contribution in [3.8, 4) is 17.2 Å². The minimum atomic E-state index is -1.34. The molecule has 6 heteroatoms. The van der Waals surface area contributed by atoms with Crippen LogP contribution < -0.4 is 14.2 Å². The van der Waals surface area contributed by atoms with E-state index >= 15 is 0 Å². The lowest BCUT2D eigenvalue weighted by atomic mass is 9.51. The minimum Gasteiger partial charge on any atom is -0.495 e. The molecule has 41 heavy (non-hydrogen) atoms. The first-order chi connectivity index (χ1) is 19.2. The SMILES string of the molecule is C=CC(C)=CCC12OC(C)(C)C3CC(C=C4C(=O)c5c(OC)c6c(c(CC=C(C)C)c5OC431)OC(C)(C)C=C6)C2=O. The van der Waals surface area contributed by atoms with E-state index in [9.17, 15) is 9.59 Å². The second kappa shape index (κ2) is 8.81. The van der Waals surface area contributed by atoms with Crippen LogP contribution in [0.15, 0.2) is 53.7 Å². The Hall–Kier alpha value is -3.38. The van der Waals surface area contributed by atoms with Crippen LogP contribution in [0, 0.1) is 11.8 Å². The van der Waals surface area contributed by atoms with Crippen molar-refractivity contribution in [3.63, 3.8) is 0 Å². The van der Waals surface area contributed by atoms with Crippen molar-refractivity contribution in [2.45, 2.75) is 90.1 Å². The van der Waals surface area contributed by atoms with Crippen LogP contribution in [-0.4, -0.2) is 41.1 Å². The molecule has 0 radical (unpaired) electrons. The number of benzene rings is 1. The molecule has 4 unspecified atom stereocenters. The number of rotatable bonds is 6. The Bertz CT molecular complexity index is 1530. The molecule has 216 valence electrons. The van der Waals surface area contributed by atoms with Crippen LogP contribution in [0.5, 0.6) is 17.2 Å². The zero-order valence-corrected chi connectivity index (χ0v) is 25.4. The monoisotopic (exact) mass is 556 g/mol. The first-order valence-electron chi connectivity index (χ1n) is 14.5. The van der Waals surface area contributed by atoms with Gasteiger partial charge < -0.3 is 18.9 Å². The molecule has 1 saturated carbocycles. The number of hydrogen-bond acceptors (Lipinski definition) is 6. The number of ketones is 2. The van der Waals surface area contributed by atoms with Crippen LogP contribution >= 0.6 is 0 Å². The number of fused-ring (bicyclic) bond motifs is 2. The highest BCUT2D eigenvalue weighted by molar-refractivity contribution is 6.19. The van der Waals surface area contributed by atoms with E-state index < -0.39 is 28.3 Å². The molecule has 2 fully saturated rings. The summed E-state index contributed by atoms with van der Waals surface area (Å²) in [6.07, 6.45) is 13.0. The highest BCUT2D eigenvalue weighted by Gasteiger charge is 2.81. The predicted octanol–water partition coefficient (Wildman–Crippen LogP) is 6.92. The second-order valence-corrected chi connectivity index (χ2v) is 13.4. The zero-order chi connectivity index (χ0) is 29.7. The molecule has 1 aromatic rings. The van der Waals surface area contributed by atoms with Crippen LogP contribution in [0.4, 0.5) is 0 Å². The lowest BCUT2D eigenvalue weighted by molar-refractivity contribution is -0.171. The zero-order valence-electron chi connectivity index (χ0n) is 25.4. The first-order valence-corrected chi connectivity index (χ1v) is 14.5. The van der Waals surface area contributed by atoms with Crippen molar-refractivity contribution in [1.29, 1.82) is 0 Å². The van der Waals surface area contributed by atoms with Crippen molar-refractivity contribution < 1.29 is 28.5 Å². The van der Waals surface area contributed by atoms with Gasteiger partial charge in [-0.3, -0.25) is 9.59 Å². The summed E-state index contributed by atoms with van der Waals surface area (Å²) in [6.45, 7) is 17.9. The molecule has 6 nitrogen and oxygen atoms in total. The maximum Gasteiger partial charge on any atom is 0.200 e. The van der Waals surface area contributed by atoms with E-state index in [1.807, 2.05) is 72.8 Å². The molecule has 1 aromatic carbocycles. The van der Waals surface area contributed by atoms with E-state index in [4.69, 9.17) is 18.9 Å². The molecule has 0 N–H and O–H groups in total. The van der Waals surface area contributed by atoms with Gasteiger partial charge in [0.2, 0.25) is 0 Å². The van der Waals surface area contributed by atoms with E-state index in [-0.39, 0.29) is 23.9 Å². The lowest BCUT2D eigenvalue weighted by Crippen LogP contribution is -2.72. The Balaban J connectivity index is 1.68. The van der Waals surface area contributed by atoms with E-state index in [1.54, 1.807) is 13.2 Å². The van der Waals surface area contributed by atoms with Crippen LogP contribution in [-0.2, 0) is 16.0 Å². The maximum atomic E-state index is 14.8. The molecule has 0 amide bonds. The van der Waals surface area contributed by atoms with Gasteiger partial charge in [-0.1, -0.05) is 42.0 Å². The number of Topliss-reactive ketones (excluding diaryl/α,β-unsaturated/α-hetero) is 2. The van der Waals surface area contributed by atoms with Gasteiger partial charge in [0, 0.05) is 29.4 Å². The number of allylic oxidation sites excluding steroid dienone is 5. The Morgan fingerprint density at radius 1 is 1.10 bits per heavy atom. The highest BCUT2D eigenvalue weighted by atomic mass is 16.6. The van der Waals surface area contributed by atoms with E-state index in [1.165, 1.54) is 0 Å². The summed E-state index contributed by atoms with van der Waals surface area (Å²) < 4.78 is 26.6. The fourth-order valence-corrected chi connectivity index (χ4v) is 7.64. The molecule has 1 saturated heterocycles. The average Bonchev–Trinajstić information content (AvgIpc) is 3.06. The summed E-state index contributed by atoms with van der Waals surface area (Å²) in [5.74, 6) is 0.691. The normalized spacial score (nSPS) is 31.3. The van der Waals surface area contributed by atoms with Crippen LogP contribution in [0.3, 0.4) is 0 Å². The van der Waals surface area contributed by atoms with E-state index in [0.29, 0.717) is 41.2 Å². The molecule has 4 atom stereocenters. The fraction of sp³-hybridized carbons (Fsp3) is 0.486. The van der Waals surface area contributed by atoms with Gasteiger partial charge in [0.25, 0.3) is 0 Å². The van der Waals surface area contributed by atoms with Crippen molar-refractivity contribution in [2.75, 3.05) is 7.11 Å². The van der Waals surface area contributed by atoms with Crippen molar-refractivity contribution in [1.82, 2.24) is 0 Å². The van der Waals surface area contributed by atoms with E-state index in [2.05, 4.69) is 12.7 Å². The molecule has 3 heterocycles. The van der Waals surface area contributed by atoms with Gasteiger partial charge in [-0.05, 0) is 73.5 Å². The van der Waals surface area contributed by atoms with Gasteiger partial charge in [-0.15, -0.1) is 0 Å². The van der Waals surface area contributed by atoms with Crippen LogP contribution in [0.2, 0.25) is 0 Å². The molecule has 1 spiro atoms. The van der Waals surface area contributed by atoms with E-state index in [0.717, 1.165) is 22.3 Å². The molecular weight excluding hydrogens is 516 g/mol. The average molecular weight is 557 g/mol. The molecule has 6 aliphatic rings. The first kappa shape index (κ1) is 27.8. The second-order valence-electron chi connectivity index (χ2n) is 13.4. The maximum absolute atomic E-state index is 14.8. The number of carbonyl (C=O) groups is 2. The van der Waals surface area contributed by atoms with Gasteiger partial charge in [-0.2, -0.15) is 0 Å². The Morgan fingerprint density at radius 3 is 2.49 bits per heavy atom. The predicted molar refractivity (Wildman–Crippen MR) is 159 cm³/mol. The van der Waals surface area contributed by atoms with Gasteiger partial charge >= 0.3 is 0 Å². The smallest absolute Gasteiger partial charge is 0.200 e. The Morgan fingerprint density at radius 2 is 1.83 bits per heavy atom. The molecule has 3 aliphatic heterocycles. The number of carbonyl (C=O) groups excluding carboxylic acids is 2. The number of methoxy groups -OCH3 is 1. The fourth-order valence-electron chi connectivity index (χ4n) is 7.64. The number of hydrogen-bond donors (Lipinski definition) is 0. The molecule has 0 aromatic heterocycles. The molecule has 4 bridgehead atoms. The highest BCUT2D eigenvalue weighted by Crippen LogP contribution is 2.68. The summed E-state index contributed by atoms with van der Waals surface area (Å²) in [6, 6.07) is 0. The van der Waals surface area contributed by atoms with Gasteiger partial charge in [0.1, 0.15) is 28.4 Å². The summed E-state index contributed by atoms with van der Waals surface area (Å²) >= 11 is 0. The summed E-state index contributed by atoms with van der Waals surface area (Å²) in [5, 5.41) is 0. The Kier molecular flexibility index (Phi) is 5.97. The molecule has 3 aliphatic carbocycles. The third-order valence-electron chi connectivity index (χ3n) is 9.55. The lowest BCUT2D eigenvalue weighted by Gasteiger charge is -2.56. The topological polar surface area (TPSA) is 71.1 Å². The summed E-state index contributed by atoms with van der Waals surface area (Å²) in [5.41, 5.74) is 0.592. The minimum absolute atomic E-state index is 0.0245. The van der Waals surface area contributed by atoms with Crippen LogP contribution in [0.1, 0.15) is 82.8 Å². The van der Waals surface area contributed by atoms with Crippen LogP contribution in [0.25, 0.3) is 6.08 Å². The summed E-state index contributed by atoms with van der Waals surface area (Å²) in [4.78, 5) is 29.1. The van der Waals surface area contributed by atoms with Crippen molar-refractivity contribution >= 4 is 17.6 Å². The molecular formula is C35H40O6. The third-order valence-corrected chi connectivity index (χ3v) is 9.55. The number of ether oxygens (including phenoxy) is 4. The van der Waals surface area contributed by atoms with Gasteiger partial charge in [-0.25, -0.2) is 0 Å². The van der Waals surface area contributed by atoms with Gasteiger partial charge in [0.05, 0.1) is 18.3 Å². The van der Waals surface area contributed by atoms with Crippen molar-refractivity contribution in [3.05, 3.63) is 70.4 Å². The third kappa shape index (κ3) is 3.59. The van der Waals surface area contributed by atoms with Gasteiger partial charge in [0.15, 0.2) is 22.8 Å². The molecule has 7 rings (SSSR count). The largest absolute Gasteiger partial charge is 0.495 e.